The Morgan fingerprint density at radius 2 is 2.00 bits per heavy atom. The molecule has 0 bridgehead atoms. The van der Waals surface area contributed by atoms with Gasteiger partial charge in [-0.2, -0.15) is 0 Å². The van der Waals surface area contributed by atoms with Crippen molar-refractivity contribution in [3.63, 3.8) is 0 Å². The molecule has 0 radical (unpaired) electrons. The number of amides is 2. The molecular weight excluding hydrogens is 550 g/mol. The minimum atomic E-state index is -1.77. The molecule has 2 amide bonds. The topological polar surface area (TPSA) is 223 Å². The number of nitrogen functional groups attached to an aromatic ring is 1. The molecule has 14 nitrogen and oxygen atoms in total. The highest BCUT2D eigenvalue weighted by atomic mass is 32.2. The molecule has 2 unspecified atom stereocenters. The van der Waals surface area contributed by atoms with E-state index in [4.69, 9.17) is 16.3 Å². The lowest BCUT2D eigenvalue weighted by molar-refractivity contribution is -0.161. The number of carbonyl (C=O) groups is 4. The van der Waals surface area contributed by atoms with Gasteiger partial charge in [-0.1, -0.05) is 11.2 Å². The number of carbonyl (C=O) groups excluding carboxylic acids is 2. The minimum absolute atomic E-state index is 0.0138. The van der Waals surface area contributed by atoms with Crippen LogP contribution >= 0.6 is 23.1 Å². The van der Waals surface area contributed by atoms with Crippen molar-refractivity contribution in [2.45, 2.75) is 43.3 Å². The summed E-state index contributed by atoms with van der Waals surface area (Å²) in [6.07, 6.45) is 3.10. The van der Waals surface area contributed by atoms with Crippen molar-refractivity contribution in [3.8, 4) is 0 Å². The van der Waals surface area contributed by atoms with Crippen molar-refractivity contribution in [1.29, 1.82) is 0 Å². The summed E-state index contributed by atoms with van der Waals surface area (Å²) in [6.45, 7) is 4.13. The molecule has 0 aliphatic carbocycles. The Kier molecular flexibility index (Phi) is 7.38. The summed E-state index contributed by atoms with van der Waals surface area (Å²) >= 11 is 2.26. The van der Waals surface area contributed by atoms with Crippen molar-refractivity contribution in [1.82, 2.24) is 20.2 Å². The Morgan fingerprint density at radius 1 is 1.28 bits per heavy atom. The van der Waals surface area contributed by atoms with Gasteiger partial charge in [0, 0.05) is 23.5 Å². The first-order valence-electron chi connectivity index (χ1n) is 11.4. The van der Waals surface area contributed by atoms with Gasteiger partial charge in [-0.15, -0.1) is 23.1 Å². The Labute approximate surface area is 230 Å². The van der Waals surface area contributed by atoms with E-state index >= 15 is 0 Å². The Bertz CT molecular complexity index is 1400. The predicted molar refractivity (Wildman–Crippen MR) is 141 cm³/mol. The van der Waals surface area contributed by atoms with Crippen LogP contribution < -0.4 is 16.8 Å². The summed E-state index contributed by atoms with van der Waals surface area (Å²) in [5, 5.41) is 26.4. The van der Waals surface area contributed by atoms with Crippen molar-refractivity contribution in [2.75, 3.05) is 11.5 Å². The zero-order valence-corrected chi connectivity index (χ0v) is 22.6. The third-order valence-corrected chi connectivity index (χ3v) is 8.16. The smallest absolute Gasteiger partial charge is 0.352 e. The molecule has 39 heavy (non-hydrogen) atoms. The van der Waals surface area contributed by atoms with Crippen LogP contribution in [-0.4, -0.2) is 77.3 Å². The molecule has 1 saturated heterocycles. The Hall–Kier alpha value is -4.02. The lowest BCUT2D eigenvalue weighted by atomic mass is 9.84. The number of nitrogens with one attached hydrogen (secondary N) is 1. The average molecular weight is 576 g/mol. The zero-order valence-electron chi connectivity index (χ0n) is 20.9. The number of hydrogen-bond acceptors (Lipinski definition) is 12. The molecule has 0 spiro atoms. The van der Waals surface area contributed by atoms with Crippen LogP contribution in [-0.2, 0) is 29.6 Å². The van der Waals surface area contributed by atoms with Gasteiger partial charge in [0.1, 0.15) is 22.8 Å². The third kappa shape index (κ3) is 5.17. The van der Waals surface area contributed by atoms with E-state index in [1.54, 1.807) is 25.3 Å². The molecule has 4 heterocycles. The van der Waals surface area contributed by atoms with Crippen LogP contribution in [0.15, 0.2) is 46.3 Å². The Morgan fingerprint density at radius 3 is 2.56 bits per heavy atom. The summed E-state index contributed by atoms with van der Waals surface area (Å²) < 4.78 is 0. The predicted octanol–water partition coefficient (Wildman–Crippen LogP) is 0.317. The maximum absolute atomic E-state index is 13.2. The van der Waals surface area contributed by atoms with Crippen LogP contribution in [0.3, 0.4) is 0 Å². The summed E-state index contributed by atoms with van der Waals surface area (Å²) in [5.41, 5.74) is 9.50. The van der Waals surface area contributed by atoms with Crippen LogP contribution in [0.2, 0.25) is 0 Å². The first-order chi connectivity index (χ1) is 18.3. The second-order valence-electron chi connectivity index (χ2n) is 9.35. The van der Waals surface area contributed by atoms with Gasteiger partial charge in [0.2, 0.25) is 5.60 Å². The summed E-state index contributed by atoms with van der Waals surface area (Å²) in [4.78, 5) is 64.4. The Balaban J connectivity index is 1.61. The minimum Gasteiger partial charge on any atom is -0.478 e. The molecule has 206 valence electrons. The number of anilines is 1. The van der Waals surface area contributed by atoms with Crippen LogP contribution in [0.4, 0.5) is 5.13 Å². The number of nitrogens with two attached hydrogens (primary N) is 2. The van der Waals surface area contributed by atoms with Gasteiger partial charge >= 0.3 is 11.9 Å². The molecule has 0 aromatic carbocycles. The summed E-state index contributed by atoms with van der Waals surface area (Å²) in [6, 6.07) is 2.29. The molecule has 0 saturated carbocycles. The third-order valence-electron chi connectivity index (χ3n) is 6.21. The van der Waals surface area contributed by atoms with E-state index < -0.39 is 52.0 Å². The molecule has 2 aliphatic heterocycles. The van der Waals surface area contributed by atoms with E-state index in [1.807, 2.05) is 0 Å². The van der Waals surface area contributed by atoms with Crippen LogP contribution in [0.25, 0.3) is 0 Å². The van der Waals surface area contributed by atoms with Gasteiger partial charge in [-0.05, 0) is 38.0 Å². The highest BCUT2D eigenvalue weighted by Gasteiger charge is 2.56. The number of pyridine rings is 1. The van der Waals surface area contributed by atoms with Crippen LogP contribution in [0.1, 0.15) is 32.0 Å². The fourth-order valence-corrected chi connectivity index (χ4v) is 5.93. The molecule has 1 fully saturated rings. The second-order valence-corrected chi connectivity index (χ2v) is 11.3. The summed E-state index contributed by atoms with van der Waals surface area (Å²) in [7, 11) is 0. The molecule has 2 aromatic heterocycles. The number of carboxylic acid groups (broad SMARTS) is 2. The second kappa shape index (κ2) is 10.3. The molecule has 2 aliphatic rings. The number of carboxylic acids is 2. The van der Waals surface area contributed by atoms with Gasteiger partial charge in [0.25, 0.3) is 11.8 Å². The van der Waals surface area contributed by atoms with E-state index in [1.165, 1.54) is 37.2 Å². The summed E-state index contributed by atoms with van der Waals surface area (Å²) in [5.74, 6) is -4.04. The fourth-order valence-electron chi connectivity index (χ4n) is 3.87. The quantitative estimate of drug-likeness (QED) is 0.155. The van der Waals surface area contributed by atoms with Crippen molar-refractivity contribution < 1.29 is 34.2 Å². The first kappa shape index (κ1) is 28.0. The maximum atomic E-state index is 13.2. The molecule has 16 heteroatoms. The number of thioether (sulfide) groups is 1. The molecular formula is C23H25N7O7S2. The van der Waals surface area contributed by atoms with Gasteiger partial charge < -0.3 is 31.8 Å². The number of thiazole rings is 1. The number of aliphatic carboxylic acids is 2. The maximum Gasteiger partial charge on any atom is 0.352 e. The fraction of sp³-hybridized carbons (Fsp3) is 0.348. The normalized spacial score (nSPS) is 21.0. The largest absolute Gasteiger partial charge is 0.478 e. The average Bonchev–Trinajstić information content (AvgIpc) is 3.32. The van der Waals surface area contributed by atoms with Gasteiger partial charge in [-0.3, -0.25) is 19.5 Å². The van der Waals surface area contributed by atoms with Crippen molar-refractivity contribution in [3.05, 3.63) is 52.4 Å². The van der Waals surface area contributed by atoms with E-state index in [2.05, 4.69) is 20.4 Å². The van der Waals surface area contributed by atoms with Crippen LogP contribution in [0.5, 0.6) is 0 Å². The standard InChI is InChI=1S/C23H25N7O7S2/c1-22(2,20(35)36)37-29-13(12-9-39-21(24)27-12)16(31)28-14-17(32)30-15(19(33)34)11(8-38-18(14)30)23(3,25)10-5-4-6-26-7-10/h4-7,9,14,18H,8,25H2,1-3H3,(H2,24,27)(H,28,31)(H,33,34)(H,35,36)/b29-13-/t14?,18-,23?/m1/s1. The highest BCUT2D eigenvalue weighted by molar-refractivity contribution is 8.00. The first-order valence-corrected chi connectivity index (χ1v) is 13.3. The van der Waals surface area contributed by atoms with E-state index in [0.717, 1.165) is 16.2 Å². The number of aromatic nitrogens is 2. The highest BCUT2D eigenvalue weighted by Crippen LogP contribution is 2.44. The number of β-lactam (4-membered cyclic amide) rings is 1. The van der Waals surface area contributed by atoms with Crippen molar-refractivity contribution in [2.24, 2.45) is 10.9 Å². The molecule has 4 rings (SSSR count). The number of hydrogen-bond donors (Lipinski definition) is 5. The SMILES string of the molecule is CC(C)(O/N=C(\C(=O)NC1C(=O)N2C(C(=O)O)=C(C(C)(N)c3cccnc3)CS[C@H]12)c1csc(N)n1)C(=O)O. The molecule has 3 atom stereocenters. The number of rotatable bonds is 9. The van der Waals surface area contributed by atoms with Gasteiger partial charge in [0.15, 0.2) is 10.8 Å². The lowest BCUT2D eigenvalue weighted by Gasteiger charge is -2.51. The van der Waals surface area contributed by atoms with E-state index in [-0.39, 0.29) is 22.3 Å². The monoisotopic (exact) mass is 575 g/mol. The van der Waals surface area contributed by atoms with Gasteiger partial charge in [0.05, 0.1) is 5.54 Å². The lowest BCUT2D eigenvalue weighted by Crippen LogP contribution is -2.71. The van der Waals surface area contributed by atoms with Crippen LogP contribution in [0, 0.1) is 0 Å². The zero-order chi connectivity index (χ0) is 28.7. The molecule has 2 aromatic rings. The number of oxime groups is 1. The van der Waals surface area contributed by atoms with E-state index in [0.29, 0.717) is 11.1 Å². The number of fused-ring (bicyclic) bond motifs is 1. The van der Waals surface area contributed by atoms with E-state index in [9.17, 15) is 29.4 Å². The van der Waals surface area contributed by atoms with Gasteiger partial charge in [-0.25, -0.2) is 14.6 Å². The molecule has 7 N–H and O–H groups in total. The van der Waals surface area contributed by atoms with Crippen molar-refractivity contribution >= 4 is 57.7 Å². The number of nitrogens with zero attached hydrogens (tertiary/aromatic N) is 4.